The molecule has 0 aliphatic heterocycles. The molecular formula is C11H15O2. The lowest BCUT2D eigenvalue weighted by Crippen LogP contribution is -1.97. The lowest BCUT2D eigenvalue weighted by atomic mass is 10.2. The Morgan fingerprint density at radius 2 is 1.77 bits per heavy atom. The highest BCUT2D eigenvalue weighted by Gasteiger charge is 1.91. The third-order valence-electron chi connectivity index (χ3n) is 1.80. The van der Waals surface area contributed by atoms with Gasteiger partial charge in [0.25, 0.3) is 0 Å². The molecule has 0 heterocycles. The van der Waals surface area contributed by atoms with Crippen molar-refractivity contribution in [1.29, 1.82) is 0 Å². The normalized spacial score (nSPS) is 9.92. The lowest BCUT2D eigenvalue weighted by molar-refractivity contribution is 0.183. The number of hydrogen-bond donors (Lipinski definition) is 0. The molecule has 0 aromatic heterocycles. The fourth-order valence-electron chi connectivity index (χ4n) is 1.09. The number of ether oxygens (including phenoxy) is 1. The van der Waals surface area contributed by atoms with Crippen molar-refractivity contribution in [2.24, 2.45) is 0 Å². The largest absolute Gasteiger partial charge is 0.494 e. The van der Waals surface area contributed by atoms with E-state index in [1.54, 1.807) is 0 Å². The zero-order valence-electron chi connectivity index (χ0n) is 7.74. The maximum absolute atomic E-state index is 10.1. The van der Waals surface area contributed by atoms with Crippen molar-refractivity contribution in [3.63, 3.8) is 0 Å². The zero-order chi connectivity index (χ0) is 9.36. The van der Waals surface area contributed by atoms with Gasteiger partial charge < -0.3 is 4.74 Å². The highest BCUT2D eigenvalue weighted by molar-refractivity contribution is 5.20. The Balaban J connectivity index is 2.07. The molecule has 13 heavy (non-hydrogen) atoms. The molecule has 0 N–H and O–H groups in total. The molecule has 2 heteroatoms. The topological polar surface area (TPSA) is 29.1 Å². The number of para-hydroxylation sites is 1. The van der Waals surface area contributed by atoms with Gasteiger partial charge >= 0.3 is 0 Å². The Bertz CT molecular complexity index is 209. The first-order valence-corrected chi connectivity index (χ1v) is 4.69. The van der Waals surface area contributed by atoms with E-state index in [0.717, 1.165) is 25.0 Å². The van der Waals surface area contributed by atoms with Gasteiger partial charge in [-0.15, -0.1) is 0 Å². The van der Waals surface area contributed by atoms with Crippen LogP contribution in [-0.4, -0.2) is 13.2 Å². The summed E-state index contributed by atoms with van der Waals surface area (Å²) >= 11 is 0. The van der Waals surface area contributed by atoms with E-state index in [0.29, 0.717) is 6.61 Å². The Kier molecular flexibility index (Phi) is 5.02. The molecule has 0 amide bonds. The van der Waals surface area contributed by atoms with Crippen molar-refractivity contribution in [3.05, 3.63) is 30.3 Å². The molecule has 0 saturated heterocycles. The number of benzene rings is 1. The summed E-state index contributed by atoms with van der Waals surface area (Å²) < 4.78 is 5.45. The number of hydrogen-bond acceptors (Lipinski definition) is 1. The summed E-state index contributed by atoms with van der Waals surface area (Å²) in [6.07, 6.45) is 2.70. The van der Waals surface area contributed by atoms with Crippen molar-refractivity contribution >= 4 is 0 Å². The van der Waals surface area contributed by atoms with E-state index in [9.17, 15) is 5.11 Å². The van der Waals surface area contributed by atoms with Crippen LogP contribution in [0.3, 0.4) is 0 Å². The predicted octanol–water partition coefficient (Wildman–Crippen LogP) is 2.67. The van der Waals surface area contributed by atoms with Crippen LogP contribution in [0.2, 0.25) is 0 Å². The zero-order valence-corrected chi connectivity index (χ0v) is 7.74. The molecular weight excluding hydrogens is 164 g/mol. The minimum absolute atomic E-state index is 0.0331. The highest BCUT2D eigenvalue weighted by Crippen LogP contribution is 2.08. The van der Waals surface area contributed by atoms with Crippen LogP contribution < -0.4 is 4.74 Å². The molecule has 0 atom stereocenters. The van der Waals surface area contributed by atoms with Crippen LogP contribution in [0.15, 0.2) is 30.3 Å². The molecule has 71 valence electrons. The van der Waals surface area contributed by atoms with Crippen LogP contribution in [0.25, 0.3) is 0 Å². The lowest BCUT2D eigenvalue weighted by Gasteiger charge is -2.04. The van der Waals surface area contributed by atoms with E-state index in [-0.39, 0.29) is 6.61 Å². The molecule has 0 spiro atoms. The second kappa shape index (κ2) is 6.49. The van der Waals surface area contributed by atoms with Gasteiger partial charge in [0.05, 0.1) is 13.2 Å². The van der Waals surface area contributed by atoms with Gasteiger partial charge in [-0.1, -0.05) is 18.2 Å². The predicted molar refractivity (Wildman–Crippen MR) is 51.3 cm³/mol. The standard InChI is InChI=1S/C11H15O2/c12-9-5-2-6-10-13-11-7-3-1-4-8-11/h1,3-4,7-8H,2,5-6,9-10H2. The van der Waals surface area contributed by atoms with Crippen LogP contribution >= 0.6 is 0 Å². The van der Waals surface area contributed by atoms with Crippen molar-refractivity contribution in [3.8, 4) is 5.75 Å². The Hall–Kier alpha value is -1.02. The van der Waals surface area contributed by atoms with Crippen LogP contribution in [0.5, 0.6) is 5.75 Å². The molecule has 0 unspecified atom stereocenters. The summed E-state index contributed by atoms with van der Waals surface area (Å²) in [4.78, 5) is 0. The van der Waals surface area contributed by atoms with Crippen molar-refractivity contribution in [1.82, 2.24) is 0 Å². The van der Waals surface area contributed by atoms with Gasteiger partial charge in [-0.05, 0) is 31.4 Å². The molecule has 0 aliphatic carbocycles. The van der Waals surface area contributed by atoms with Gasteiger partial charge in [0, 0.05) is 0 Å². The van der Waals surface area contributed by atoms with Gasteiger partial charge in [-0.2, -0.15) is 0 Å². The third-order valence-corrected chi connectivity index (χ3v) is 1.80. The monoisotopic (exact) mass is 179 g/mol. The molecule has 2 nitrogen and oxygen atoms in total. The minimum Gasteiger partial charge on any atom is -0.494 e. The first-order chi connectivity index (χ1) is 6.43. The molecule has 0 saturated carbocycles. The molecule has 1 rings (SSSR count). The Morgan fingerprint density at radius 3 is 2.46 bits per heavy atom. The second-order valence-corrected chi connectivity index (χ2v) is 2.93. The highest BCUT2D eigenvalue weighted by atomic mass is 16.5. The van der Waals surface area contributed by atoms with Crippen molar-refractivity contribution in [2.75, 3.05) is 13.2 Å². The van der Waals surface area contributed by atoms with Crippen LogP contribution in [0, 0.1) is 0 Å². The first-order valence-electron chi connectivity index (χ1n) is 4.69. The van der Waals surface area contributed by atoms with E-state index in [2.05, 4.69) is 0 Å². The second-order valence-electron chi connectivity index (χ2n) is 2.93. The SMILES string of the molecule is [O]CCCCCOc1ccccc1. The average molecular weight is 179 g/mol. The van der Waals surface area contributed by atoms with Crippen LogP contribution in [-0.2, 0) is 5.11 Å². The van der Waals surface area contributed by atoms with Gasteiger partial charge in [0.1, 0.15) is 5.75 Å². The first kappa shape index (κ1) is 10.1. The maximum Gasteiger partial charge on any atom is 0.119 e. The molecule has 0 fully saturated rings. The minimum atomic E-state index is 0.0331. The molecule has 1 radical (unpaired) electrons. The Morgan fingerprint density at radius 1 is 1.00 bits per heavy atom. The van der Waals surface area contributed by atoms with Gasteiger partial charge in [-0.3, -0.25) is 0 Å². The maximum atomic E-state index is 10.1. The van der Waals surface area contributed by atoms with E-state index < -0.39 is 0 Å². The summed E-state index contributed by atoms with van der Waals surface area (Å²) in [5, 5.41) is 10.1. The molecule has 1 aromatic rings. The third kappa shape index (κ3) is 4.53. The Labute approximate surface area is 79.2 Å². The van der Waals surface area contributed by atoms with Crippen molar-refractivity contribution < 1.29 is 9.84 Å². The summed E-state index contributed by atoms with van der Waals surface area (Å²) in [5.74, 6) is 0.907. The van der Waals surface area contributed by atoms with Crippen LogP contribution in [0.4, 0.5) is 0 Å². The van der Waals surface area contributed by atoms with E-state index >= 15 is 0 Å². The van der Waals surface area contributed by atoms with Gasteiger partial charge in [0.2, 0.25) is 0 Å². The fraction of sp³-hybridized carbons (Fsp3) is 0.455. The summed E-state index contributed by atoms with van der Waals surface area (Å²) in [5.41, 5.74) is 0. The van der Waals surface area contributed by atoms with E-state index in [1.807, 2.05) is 30.3 Å². The molecule has 0 aliphatic rings. The van der Waals surface area contributed by atoms with Crippen molar-refractivity contribution in [2.45, 2.75) is 19.3 Å². The molecule has 0 bridgehead atoms. The fourth-order valence-corrected chi connectivity index (χ4v) is 1.09. The van der Waals surface area contributed by atoms with E-state index in [4.69, 9.17) is 4.74 Å². The molecule has 1 aromatic carbocycles. The van der Waals surface area contributed by atoms with E-state index in [1.165, 1.54) is 0 Å². The van der Waals surface area contributed by atoms with Gasteiger partial charge in [-0.25, -0.2) is 5.11 Å². The number of unbranched alkanes of at least 4 members (excludes halogenated alkanes) is 2. The summed E-state index contributed by atoms with van der Waals surface area (Å²) in [6.45, 7) is 0.745. The van der Waals surface area contributed by atoms with Crippen LogP contribution in [0.1, 0.15) is 19.3 Å². The smallest absolute Gasteiger partial charge is 0.119 e. The quantitative estimate of drug-likeness (QED) is 0.617. The average Bonchev–Trinajstić information content (AvgIpc) is 2.19. The summed E-state index contributed by atoms with van der Waals surface area (Å²) in [6, 6.07) is 9.74. The number of rotatable bonds is 6. The van der Waals surface area contributed by atoms with Gasteiger partial charge in [0.15, 0.2) is 0 Å². The summed E-state index contributed by atoms with van der Waals surface area (Å²) in [7, 11) is 0.